The molecule has 3 nitrogen and oxygen atoms in total. The molecule has 2 N–H and O–H groups in total. The summed E-state index contributed by atoms with van der Waals surface area (Å²) in [6, 6.07) is 0. The van der Waals surface area contributed by atoms with E-state index in [1.807, 2.05) is 13.8 Å². The van der Waals surface area contributed by atoms with Gasteiger partial charge in [-0.1, -0.05) is 13.8 Å². The van der Waals surface area contributed by atoms with Gasteiger partial charge in [-0.25, -0.2) is 0 Å². The Morgan fingerprint density at radius 1 is 1.42 bits per heavy atom. The minimum absolute atomic E-state index is 0.150. The van der Waals surface area contributed by atoms with E-state index in [4.69, 9.17) is 5.11 Å². The van der Waals surface area contributed by atoms with Crippen LogP contribution in [0, 0.1) is 17.8 Å². The Balaban J connectivity index is 2.70. The van der Waals surface area contributed by atoms with E-state index in [-0.39, 0.29) is 5.92 Å². The molecule has 0 spiro atoms. The molecule has 3 atom stereocenters. The third kappa shape index (κ3) is 1.61. The Bertz CT molecular complexity index is 177. The van der Waals surface area contributed by atoms with Gasteiger partial charge in [0.1, 0.15) is 0 Å². The number of rotatable bonds is 2. The summed E-state index contributed by atoms with van der Waals surface area (Å²) >= 11 is 0. The maximum absolute atomic E-state index is 10.8. The van der Waals surface area contributed by atoms with Crippen LogP contribution in [-0.2, 0) is 4.79 Å². The van der Waals surface area contributed by atoms with E-state index in [1.165, 1.54) is 0 Å². The number of aliphatic hydroxyl groups excluding tert-OH is 1. The molecule has 70 valence electrons. The van der Waals surface area contributed by atoms with Gasteiger partial charge in [-0.05, 0) is 24.7 Å². The average molecular weight is 172 g/mol. The van der Waals surface area contributed by atoms with Crippen LogP contribution in [0.5, 0.6) is 0 Å². The van der Waals surface area contributed by atoms with E-state index >= 15 is 0 Å². The summed E-state index contributed by atoms with van der Waals surface area (Å²) in [5, 5.41) is 18.2. The first-order valence-electron chi connectivity index (χ1n) is 4.45. The molecule has 0 aromatic rings. The topological polar surface area (TPSA) is 57.5 Å². The van der Waals surface area contributed by atoms with E-state index in [9.17, 15) is 9.90 Å². The third-order valence-electron chi connectivity index (χ3n) is 2.81. The van der Waals surface area contributed by atoms with Gasteiger partial charge in [-0.15, -0.1) is 0 Å². The summed E-state index contributed by atoms with van der Waals surface area (Å²) in [7, 11) is 0. The van der Waals surface area contributed by atoms with Crippen LogP contribution in [0.15, 0.2) is 0 Å². The summed E-state index contributed by atoms with van der Waals surface area (Å²) in [5.74, 6) is -0.885. The second kappa shape index (κ2) is 3.44. The number of carboxylic acid groups (broad SMARTS) is 1. The van der Waals surface area contributed by atoms with Gasteiger partial charge < -0.3 is 10.2 Å². The van der Waals surface area contributed by atoms with E-state index in [2.05, 4.69) is 0 Å². The lowest BCUT2D eigenvalue weighted by molar-refractivity contribution is -0.146. The van der Waals surface area contributed by atoms with Crippen LogP contribution < -0.4 is 0 Å². The zero-order valence-electron chi connectivity index (χ0n) is 7.53. The molecule has 3 unspecified atom stereocenters. The third-order valence-corrected chi connectivity index (χ3v) is 2.81. The first kappa shape index (κ1) is 9.52. The van der Waals surface area contributed by atoms with Gasteiger partial charge in [-0.2, -0.15) is 0 Å². The lowest BCUT2D eigenvalue weighted by Gasteiger charge is -2.20. The first-order valence-corrected chi connectivity index (χ1v) is 4.45. The fraction of sp³-hybridized carbons (Fsp3) is 0.889. The van der Waals surface area contributed by atoms with Crippen LogP contribution in [0.4, 0.5) is 0 Å². The molecule has 0 bridgehead atoms. The standard InChI is InChI=1S/C9H16O3/c1-5(2)6-3-4-7(10)8(6)9(11)12/h5-8,10H,3-4H2,1-2H3,(H,11,12). The Hall–Kier alpha value is -0.570. The Labute approximate surface area is 72.4 Å². The zero-order valence-corrected chi connectivity index (χ0v) is 7.53. The summed E-state index contributed by atoms with van der Waals surface area (Å²) in [6.07, 6.45) is 0.852. The predicted molar refractivity (Wildman–Crippen MR) is 44.7 cm³/mol. The number of carboxylic acids is 1. The van der Waals surface area contributed by atoms with Gasteiger partial charge in [0.25, 0.3) is 0 Å². The SMILES string of the molecule is CC(C)C1CCC(O)C1C(=O)O. The average Bonchev–Trinajstić information content (AvgIpc) is 2.30. The van der Waals surface area contributed by atoms with Crippen molar-refractivity contribution in [3.05, 3.63) is 0 Å². The van der Waals surface area contributed by atoms with Crippen molar-refractivity contribution >= 4 is 5.97 Å². The molecule has 1 saturated carbocycles. The Morgan fingerprint density at radius 2 is 2.00 bits per heavy atom. The molecule has 12 heavy (non-hydrogen) atoms. The number of carbonyl (C=O) groups is 1. The van der Waals surface area contributed by atoms with Crippen LogP contribution in [0.3, 0.4) is 0 Å². The lowest BCUT2D eigenvalue weighted by atomic mass is 9.85. The molecule has 3 heteroatoms. The highest BCUT2D eigenvalue weighted by atomic mass is 16.4. The number of aliphatic hydroxyl groups is 1. The number of aliphatic carboxylic acids is 1. The number of hydrogen-bond donors (Lipinski definition) is 2. The molecule has 0 aliphatic heterocycles. The highest BCUT2D eigenvalue weighted by Crippen LogP contribution is 2.37. The zero-order chi connectivity index (χ0) is 9.30. The van der Waals surface area contributed by atoms with Gasteiger partial charge in [0.05, 0.1) is 12.0 Å². The van der Waals surface area contributed by atoms with Crippen molar-refractivity contribution in [2.75, 3.05) is 0 Å². The molecule has 0 aromatic carbocycles. The monoisotopic (exact) mass is 172 g/mol. The molecule has 1 rings (SSSR count). The molecule has 0 heterocycles. The minimum Gasteiger partial charge on any atom is -0.481 e. The van der Waals surface area contributed by atoms with E-state index < -0.39 is 18.0 Å². The van der Waals surface area contributed by atoms with Crippen LogP contribution in [0.2, 0.25) is 0 Å². The smallest absolute Gasteiger partial charge is 0.309 e. The van der Waals surface area contributed by atoms with Gasteiger partial charge in [0.2, 0.25) is 0 Å². The van der Waals surface area contributed by atoms with Gasteiger partial charge in [-0.3, -0.25) is 4.79 Å². The van der Waals surface area contributed by atoms with Crippen molar-refractivity contribution in [1.29, 1.82) is 0 Å². The van der Waals surface area contributed by atoms with Crippen molar-refractivity contribution in [3.63, 3.8) is 0 Å². The summed E-state index contributed by atoms with van der Waals surface area (Å²) in [5.41, 5.74) is 0. The molecule has 0 amide bonds. The van der Waals surface area contributed by atoms with Gasteiger partial charge in [0, 0.05) is 0 Å². The number of hydrogen-bond acceptors (Lipinski definition) is 2. The van der Waals surface area contributed by atoms with Crippen LogP contribution in [0.1, 0.15) is 26.7 Å². The summed E-state index contributed by atoms with van der Waals surface area (Å²) < 4.78 is 0. The fourth-order valence-electron chi connectivity index (χ4n) is 2.10. The minimum atomic E-state index is -0.848. The van der Waals surface area contributed by atoms with Crippen LogP contribution in [0.25, 0.3) is 0 Å². The maximum Gasteiger partial charge on any atom is 0.309 e. The Kier molecular flexibility index (Phi) is 2.73. The highest BCUT2D eigenvalue weighted by Gasteiger charge is 2.41. The van der Waals surface area contributed by atoms with E-state index in [0.717, 1.165) is 6.42 Å². The molecule has 1 fully saturated rings. The molecule has 1 aliphatic rings. The normalized spacial score (nSPS) is 35.8. The second-order valence-corrected chi connectivity index (χ2v) is 3.92. The molecule has 0 aromatic heterocycles. The first-order chi connectivity index (χ1) is 5.54. The quantitative estimate of drug-likeness (QED) is 0.656. The van der Waals surface area contributed by atoms with E-state index in [0.29, 0.717) is 12.3 Å². The molecule has 1 aliphatic carbocycles. The van der Waals surface area contributed by atoms with Crippen LogP contribution >= 0.6 is 0 Å². The maximum atomic E-state index is 10.8. The van der Waals surface area contributed by atoms with Gasteiger partial charge >= 0.3 is 5.97 Å². The summed E-state index contributed by atoms with van der Waals surface area (Å²) in [6.45, 7) is 4.03. The van der Waals surface area contributed by atoms with Crippen molar-refractivity contribution in [2.24, 2.45) is 17.8 Å². The predicted octanol–water partition coefficient (Wildman–Crippen LogP) is 1.11. The molecular weight excluding hydrogens is 156 g/mol. The van der Waals surface area contributed by atoms with Crippen molar-refractivity contribution in [1.82, 2.24) is 0 Å². The van der Waals surface area contributed by atoms with Crippen molar-refractivity contribution in [2.45, 2.75) is 32.8 Å². The fourth-order valence-corrected chi connectivity index (χ4v) is 2.10. The lowest BCUT2D eigenvalue weighted by Crippen LogP contribution is -2.30. The molecule has 0 saturated heterocycles. The molecule has 0 radical (unpaired) electrons. The van der Waals surface area contributed by atoms with Crippen molar-refractivity contribution in [3.8, 4) is 0 Å². The van der Waals surface area contributed by atoms with Crippen LogP contribution in [-0.4, -0.2) is 22.3 Å². The van der Waals surface area contributed by atoms with Crippen molar-refractivity contribution < 1.29 is 15.0 Å². The second-order valence-electron chi connectivity index (χ2n) is 3.92. The van der Waals surface area contributed by atoms with E-state index in [1.54, 1.807) is 0 Å². The summed E-state index contributed by atoms with van der Waals surface area (Å²) in [4.78, 5) is 10.8. The highest BCUT2D eigenvalue weighted by molar-refractivity contribution is 5.71. The largest absolute Gasteiger partial charge is 0.481 e. The van der Waals surface area contributed by atoms with Gasteiger partial charge in [0.15, 0.2) is 0 Å². The Morgan fingerprint density at radius 3 is 2.33 bits per heavy atom. The molecular formula is C9H16O3.